The second-order valence-electron chi connectivity index (χ2n) is 5.06. The fourth-order valence-corrected chi connectivity index (χ4v) is 2.07. The van der Waals surface area contributed by atoms with E-state index in [-0.39, 0.29) is 12.2 Å². The molecule has 1 fully saturated rings. The Morgan fingerprint density at radius 1 is 1.22 bits per heavy atom. The molecule has 2 N–H and O–H groups in total. The smallest absolute Gasteiger partial charge is 0.328 e. The molecule has 122 valence electrons. The molecule has 0 aromatic heterocycles. The lowest BCUT2D eigenvalue weighted by Crippen LogP contribution is -2.32. The second-order valence-corrected chi connectivity index (χ2v) is 5.06. The molecule has 6 nitrogen and oxygen atoms in total. The SMILES string of the molecule is O=C(O)/C=C/c1cccc(/C=C/C(=O)NOC2CCCCO2)c1. The van der Waals surface area contributed by atoms with E-state index in [4.69, 9.17) is 14.7 Å². The van der Waals surface area contributed by atoms with Gasteiger partial charge < -0.3 is 9.84 Å². The lowest BCUT2D eigenvalue weighted by molar-refractivity contribution is -0.198. The normalized spacial score (nSPS) is 18.3. The minimum Gasteiger partial charge on any atom is -0.478 e. The van der Waals surface area contributed by atoms with Crippen molar-refractivity contribution in [2.24, 2.45) is 0 Å². The first-order chi connectivity index (χ1) is 11.1. The zero-order valence-corrected chi connectivity index (χ0v) is 12.6. The van der Waals surface area contributed by atoms with Gasteiger partial charge in [0.1, 0.15) is 0 Å². The average molecular weight is 317 g/mol. The molecule has 1 heterocycles. The molecule has 1 atom stereocenters. The van der Waals surface area contributed by atoms with Crippen molar-refractivity contribution in [2.75, 3.05) is 6.61 Å². The van der Waals surface area contributed by atoms with Gasteiger partial charge in [-0.25, -0.2) is 15.1 Å². The number of carboxylic acids is 1. The highest BCUT2D eigenvalue weighted by molar-refractivity contribution is 5.91. The van der Waals surface area contributed by atoms with Crippen LogP contribution in [0.15, 0.2) is 36.4 Å². The molecule has 6 heteroatoms. The Labute approximate surface area is 134 Å². The fraction of sp³-hybridized carbons (Fsp3) is 0.294. The number of nitrogens with one attached hydrogen (secondary N) is 1. The Kier molecular flexibility index (Phi) is 6.53. The molecule has 0 radical (unpaired) electrons. The fourth-order valence-electron chi connectivity index (χ4n) is 2.07. The maximum absolute atomic E-state index is 11.7. The van der Waals surface area contributed by atoms with Gasteiger partial charge in [-0.05, 0) is 42.2 Å². The molecule has 0 bridgehead atoms. The molecule has 2 rings (SSSR count). The summed E-state index contributed by atoms with van der Waals surface area (Å²) in [5, 5.41) is 8.61. The summed E-state index contributed by atoms with van der Waals surface area (Å²) in [7, 11) is 0. The average Bonchev–Trinajstić information content (AvgIpc) is 2.57. The number of rotatable bonds is 6. The van der Waals surface area contributed by atoms with Crippen LogP contribution >= 0.6 is 0 Å². The number of benzene rings is 1. The predicted molar refractivity (Wildman–Crippen MR) is 85.0 cm³/mol. The minimum atomic E-state index is -1.01. The van der Waals surface area contributed by atoms with Gasteiger partial charge in [-0.2, -0.15) is 0 Å². The number of hydroxylamine groups is 1. The summed E-state index contributed by atoms with van der Waals surface area (Å²) >= 11 is 0. The van der Waals surface area contributed by atoms with E-state index in [0.717, 1.165) is 36.5 Å². The zero-order valence-electron chi connectivity index (χ0n) is 12.6. The summed E-state index contributed by atoms with van der Waals surface area (Å²) in [6.07, 6.45) is 7.94. The molecule has 1 aliphatic heterocycles. The molecular weight excluding hydrogens is 298 g/mol. The molecule has 23 heavy (non-hydrogen) atoms. The van der Waals surface area contributed by atoms with Crippen LogP contribution in [0, 0.1) is 0 Å². The van der Waals surface area contributed by atoms with Crippen molar-refractivity contribution in [1.29, 1.82) is 0 Å². The zero-order chi connectivity index (χ0) is 16.5. The Morgan fingerprint density at radius 3 is 2.61 bits per heavy atom. The molecule has 1 amide bonds. The van der Waals surface area contributed by atoms with Crippen LogP contribution in [0.2, 0.25) is 0 Å². The Bertz CT molecular complexity index is 603. The third kappa shape index (κ3) is 6.46. The lowest BCUT2D eigenvalue weighted by Gasteiger charge is -2.21. The lowest BCUT2D eigenvalue weighted by atomic mass is 10.1. The van der Waals surface area contributed by atoms with Gasteiger partial charge in [0, 0.05) is 25.2 Å². The van der Waals surface area contributed by atoms with Gasteiger partial charge in [0.05, 0.1) is 0 Å². The third-order valence-electron chi connectivity index (χ3n) is 3.19. The summed E-state index contributed by atoms with van der Waals surface area (Å²) in [5.41, 5.74) is 3.85. The van der Waals surface area contributed by atoms with Gasteiger partial charge in [0.25, 0.3) is 5.91 Å². The van der Waals surface area contributed by atoms with E-state index >= 15 is 0 Å². The van der Waals surface area contributed by atoms with Crippen LogP contribution in [0.25, 0.3) is 12.2 Å². The molecular formula is C17H19NO5. The van der Waals surface area contributed by atoms with Crippen molar-refractivity contribution >= 4 is 24.0 Å². The first-order valence-electron chi connectivity index (χ1n) is 7.40. The van der Waals surface area contributed by atoms with Gasteiger partial charge in [-0.1, -0.05) is 18.2 Å². The quantitative estimate of drug-likeness (QED) is 0.621. The Balaban J connectivity index is 1.85. The largest absolute Gasteiger partial charge is 0.478 e. The summed E-state index contributed by atoms with van der Waals surface area (Å²) in [6, 6.07) is 7.15. The summed E-state index contributed by atoms with van der Waals surface area (Å²) in [6.45, 7) is 0.646. The van der Waals surface area contributed by atoms with E-state index in [1.165, 1.54) is 12.2 Å². The highest BCUT2D eigenvalue weighted by Crippen LogP contribution is 2.12. The minimum absolute atomic E-state index is 0.384. The third-order valence-corrected chi connectivity index (χ3v) is 3.19. The number of hydrogen-bond donors (Lipinski definition) is 2. The number of carboxylic acid groups (broad SMARTS) is 1. The van der Waals surface area contributed by atoms with E-state index in [1.54, 1.807) is 24.3 Å². The van der Waals surface area contributed by atoms with Crippen molar-refractivity contribution in [1.82, 2.24) is 5.48 Å². The highest BCUT2D eigenvalue weighted by Gasteiger charge is 2.14. The van der Waals surface area contributed by atoms with E-state index in [1.807, 2.05) is 6.07 Å². The monoisotopic (exact) mass is 317 g/mol. The first kappa shape index (κ1) is 16.9. The Morgan fingerprint density at radius 2 is 1.96 bits per heavy atom. The second kappa shape index (κ2) is 8.87. The number of carbonyl (C=O) groups is 2. The van der Waals surface area contributed by atoms with E-state index in [0.29, 0.717) is 6.61 Å². The summed E-state index contributed by atoms with van der Waals surface area (Å²) in [4.78, 5) is 27.4. The Hall–Kier alpha value is -2.44. The standard InChI is InChI=1S/C17H19NO5/c19-15(18-23-17-6-1-2-11-22-17)9-7-13-4-3-5-14(12-13)8-10-16(20)21/h3-5,7-10,12,17H,1-2,6,11H2,(H,18,19)(H,20,21)/b9-7+,10-8+. The molecule has 0 aliphatic carbocycles. The van der Waals surface area contributed by atoms with Crippen LogP contribution in [0.5, 0.6) is 0 Å². The maximum Gasteiger partial charge on any atom is 0.328 e. The van der Waals surface area contributed by atoms with Gasteiger partial charge in [-0.15, -0.1) is 0 Å². The topological polar surface area (TPSA) is 84.9 Å². The first-order valence-corrected chi connectivity index (χ1v) is 7.40. The number of aliphatic carboxylic acids is 1. The molecule has 0 spiro atoms. The summed E-state index contributed by atoms with van der Waals surface area (Å²) < 4.78 is 5.34. The number of ether oxygens (including phenoxy) is 1. The maximum atomic E-state index is 11.7. The van der Waals surface area contributed by atoms with Crippen molar-refractivity contribution in [3.05, 3.63) is 47.5 Å². The van der Waals surface area contributed by atoms with E-state index in [9.17, 15) is 9.59 Å². The molecule has 1 unspecified atom stereocenters. The molecule has 1 aromatic rings. The number of carbonyl (C=O) groups excluding carboxylic acids is 1. The van der Waals surface area contributed by atoms with Gasteiger partial charge in [0.15, 0.2) is 6.29 Å². The van der Waals surface area contributed by atoms with E-state index < -0.39 is 5.97 Å². The molecule has 1 saturated heterocycles. The van der Waals surface area contributed by atoms with Crippen LogP contribution in [0.1, 0.15) is 30.4 Å². The van der Waals surface area contributed by atoms with Crippen molar-refractivity contribution in [3.63, 3.8) is 0 Å². The number of hydrogen-bond acceptors (Lipinski definition) is 4. The molecule has 0 saturated carbocycles. The van der Waals surface area contributed by atoms with Crippen LogP contribution in [-0.2, 0) is 19.2 Å². The highest BCUT2D eigenvalue weighted by atomic mass is 16.8. The molecule has 1 aliphatic rings. The van der Waals surface area contributed by atoms with Crippen LogP contribution < -0.4 is 5.48 Å². The number of amides is 1. The van der Waals surface area contributed by atoms with E-state index in [2.05, 4.69) is 5.48 Å². The van der Waals surface area contributed by atoms with Crippen molar-refractivity contribution in [3.8, 4) is 0 Å². The van der Waals surface area contributed by atoms with Gasteiger partial charge >= 0.3 is 5.97 Å². The van der Waals surface area contributed by atoms with Crippen molar-refractivity contribution < 1.29 is 24.3 Å². The summed E-state index contributed by atoms with van der Waals surface area (Å²) in [5.74, 6) is -1.39. The van der Waals surface area contributed by atoms with Crippen LogP contribution in [-0.4, -0.2) is 29.9 Å². The molecule has 1 aromatic carbocycles. The van der Waals surface area contributed by atoms with Crippen LogP contribution in [0.4, 0.5) is 0 Å². The van der Waals surface area contributed by atoms with Crippen molar-refractivity contribution in [2.45, 2.75) is 25.6 Å². The van der Waals surface area contributed by atoms with Gasteiger partial charge in [-0.3, -0.25) is 4.79 Å². The van der Waals surface area contributed by atoms with Crippen LogP contribution in [0.3, 0.4) is 0 Å². The van der Waals surface area contributed by atoms with Gasteiger partial charge in [0.2, 0.25) is 0 Å². The predicted octanol–water partition coefficient (Wildman–Crippen LogP) is 2.37.